The molecule has 0 spiro atoms. The molecule has 1 atom stereocenters. The lowest BCUT2D eigenvalue weighted by Gasteiger charge is -2.42. The van der Waals surface area contributed by atoms with Crippen molar-refractivity contribution in [2.45, 2.75) is 124 Å². The smallest absolute Gasteiger partial charge is 0.225 e. The van der Waals surface area contributed by atoms with E-state index in [1.165, 1.54) is 6.92 Å². The van der Waals surface area contributed by atoms with Crippen LogP contribution in [0, 0.1) is 5.92 Å². The summed E-state index contributed by atoms with van der Waals surface area (Å²) < 4.78 is 29.9. The van der Waals surface area contributed by atoms with Crippen molar-refractivity contribution in [1.29, 1.82) is 0 Å². The molecule has 0 fully saturated rings. The Balaban J connectivity index is 5.88. The maximum Gasteiger partial charge on any atom is 0.225 e. The zero-order valence-corrected chi connectivity index (χ0v) is 28.3. The zero-order valence-electron chi connectivity index (χ0n) is 28.3. The van der Waals surface area contributed by atoms with Crippen molar-refractivity contribution >= 4 is 23.3 Å². The summed E-state index contributed by atoms with van der Waals surface area (Å²) in [5, 5.41) is 0. The fraction of sp³-hybridized carbons (Fsp3) is 0.875. The fourth-order valence-electron chi connectivity index (χ4n) is 4.08. The number of carbonyl (C=O) groups excluding carboxylic acids is 4. The minimum atomic E-state index is -1.07. The molecule has 0 aliphatic rings. The van der Waals surface area contributed by atoms with Crippen LogP contribution in [0.15, 0.2) is 0 Å². The minimum absolute atomic E-state index is 0.00826. The van der Waals surface area contributed by atoms with E-state index in [1.807, 2.05) is 55.4 Å². The molecule has 0 saturated heterocycles. The van der Waals surface area contributed by atoms with E-state index in [4.69, 9.17) is 23.7 Å². The van der Waals surface area contributed by atoms with Gasteiger partial charge in [0, 0.05) is 38.6 Å². The molecule has 0 N–H and O–H groups in total. The first-order valence-electron chi connectivity index (χ1n) is 15.2. The highest BCUT2D eigenvalue weighted by atomic mass is 16.6. The predicted molar refractivity (Wildman–Crippen MR) is 163 cm³/mol. The summed E-state index contributed by atoms with van der Waals surface area (Å²) in [5.74, 6) is -0.163. The molecule has 0 saturated carbocycles. The Morgan fingerprint density at radius 3 is 1.69 bits per heavy atom. The molecule has 10 nitrogen and oxygen atoms in total. The number of rotatable bonds is 25. The van der Waals surface area contributed by atoms with Crippen LogP contribution in [0.3, 0.4) is 0 Å². The molecule has 10 heteroatoms. The molecule has 0 rings (SSSR count). The monoisotopic (exact) mass is 601 g/mol. The standard InChI is InChI=1S/C32H59NO9/c1-12-27(35)14-17-39-22-32(21-38-16-13-26(6)34,23-40-18-15-28(36)24(2)3)33(11)29(37)19-30(7,8)41-20-31(9,10)42-25(4)5/h24-25H,12-23H2,1-11H3. The van der Waals surface area contributed by atoms with Gasteiger partial charge in [-0.05, 0) is 48.5 Å². The Kier molecular flexibility index (Phi) is 18.7. The Morgan fingerprint density at radius 1 is 0.738 bits per heavy atom. The molecule has 42 heavy (non-hydrogen) atoms. The van der Waals surface area contributed by atoms with Crippen molar-refractivity contribution in [3.63, 3.8) is 0 Å². The Hall–Kier alpha value is -1.72. The number of carbonyl (C=O) groups is 4. The van der Waals surface area contributed by atoms with Crippen LogP contribution in [0.25, 0.3) is 0 Å². The van der Waals surface area contributed by atoms with Crippen LogP contribution in [-0.4, -0.2) is 104 Å². The van der Waals surface area contributed by atoms with E-state index in [-0.39, 0.29) is 101 Å². The number of likely N-dealkylation sites (N-methyl/N-ethyl adjacent to an activating group) is 1. The summed E-state index contributed by atoms with van der Waals surface area (Å²) >= 11 is 0. The van der Waals surface area contributed by atoms with Crippen molar-refractivity contribution in [1.82, 2.24) is 4.90 Å². The molecule has 0 heterocycles. The molecule has 0 aromatic heterocycles. The van der Waals surface area contributed by atoms with E-state index in [1.54, 1.807) is 18.9 Å². The molecular weight excluding hydrogens is 542 g/mol. The third-order valence-corrected chi connectivity index (χ3v) is 6.79. The molecule has 0 aromatic rings. The van der Waals surface area contributed by atoms with Crippen LogP contribution in [0.1, 0.15) is 101 Å². The molecule has 0 aliphatic heterocycles. The highest BCUT2D eigenvalue weighted by molar-refractivity contribution is 5.80. The van der Waals surface area contributed by atoms with Crippen molar-refractivity contribution in [2.24, 2.45) is 5.92 Å². The van der Waals surface area contributed by atoms with Crippen molar-refractivity contribution in [3.05, 3.63) is 0 Å². The Bertz CT molecular complexity index is 838. The van der Waals surface area contributed by atoms with Gasteiger partial charge < -0.3 is 28.6 Å². The number of amides is 1. The van der Waals surface area contributed by atoms with E-state index in [0.29, 0.717) is 13.0 Å². The van der Waals surface area contributed by atoms with Crippen LogP contribution in [0.4, 0.5) is 0 Å². The summed E-state index contributed by atoms with van der Waals surface area (Å²) in [6.07, 6.45) is 1.26. The molecule has 1 unspecified atom stereocenters. The van der Waals surface area contributed by atoms with E-state index in [9.17, 15) is 19.2 Å². The van der Waals surface area contributed by atoms with E-state index >= 15 is 0 Å². The Morgan fingerprint density at radius 2 is 1.24 bits per heavy atom. The topological polar surface area (TPSA) is 118 Å². The van der Waals surface area contributed by atoms with Crippen LogP contribution in [-0.2, 0) is 42.9 Å². The lowest BCUT2D eigenvalue weighted by Crippen LogP contribution is -2.60. The number of ketones is 3. The van der Waals surface area contributed by atoms with Gasteiger partial charge in [0.25, 0.3) is 0 Å². The van der Waals surface area contributed by atoms with Crippen LogP contribution in [0.5, 0.6) is 0 Å². The molecule has 246 valence electrons. The molecule has 0 bridgehead atoms. The summed E-state index contributed by atoms with van der Waals surface area (Å²) in [6, 6.07) is 0. The third kappa shape index (κ3) is 17.4. The van der Waals surface area contributed by atoms with Gasteiger partial charge in [0.2, 0.25) is 5.91 Å². The average Bonchev–Trinajstić information content (AvgIpc) is 2.88. The fourth-order valence-corrected chi connectivity index (χ4v) is 4.08. The molecule has 0 aromatic carbocycles. The minimum Gasteiger partial charge on any atom is -0.378 e. The highest BCUT2D eigenvalue weighted by Crippen LogP contribution is 2.25. The second-order valence-electron chi connectivity index (χ2n) is 13.0. The van der Waals surface area contributed by atoms with E-state index in [0.717, 1.165) is 0 Å². The van der Waals surface area contributed by atoms with Crippen molar-refractivity contribution < 1.29 is 42.9 Å². The third-order valence-electron chi connectivity index (χ3n) is 6.79. The van der Waals surface area contributed by atoms with Crippen LogP contribution < -0.4 is 0 Å². The van der Waals surface area contributed by atoms with Gasteiger partial charge in [-0.3, -0.25) is 19.2 Å². The highest BCUT2D eigenvalue weighted by Gasteiger charge is 2.41. The van der Waals surface area contributed by atoms with Gasteiger partial charge in [0.05, 0.1) is 70.0 Å². The molecule has 0 aliphatic carbocycles. The maximum atomic E-state index is 13.8. The zero-order chi connectivity index (χ0) is 32.6. The second-order valence-corrected chi connectivity index (χ2v) is 13.0. The molecule has 1 amide bonds. The predicted octanol–water partition coefficient (Wildman–Crippen LogP) is 4.59. The van der Waals surface area contributed by atoms with Gasteiger partial charge in [-0.15, -0.1) is 0 Å². The average molecular weight is 602 g/mol. The first kappa shape index (κ1) is 40.3. The SMILES string of the molecule is CCC(=O)CCOCC(COCCC(C)=O)(COCCC(=O)C(C)C)N(C)C(=O)CC(C)(C)OCC(C)(C)OC(C)C. The molecule has 0 radical (unpaired) electrons. The second kappa shape index (κ2) is 19.5. The van der Waals surface area contributed by atoms with Gasteiger partial charge in [-0.2, -0.15) is 0 Å². The number of Topliss-reactive ketones (excluding diaryl/α,β-unsaturated/α-hetero) is 3. The number of nitrogens with zero attached hydrogens (tertiary/aromatic N) is 1. The lowest BCUT2D eigenvalue weighted by molar-refractivity contribution is -0.163. The lowest BCUT2D eigenvalue weighted by atomic mass is 9.97. The largest absolute Gasteiger partial charge is 0.378 e. The first-order chi connectivity index (χ1) is 19.4. The van der Waals surface area contributed by atoms with Gasteiger partial charge in [0.15, 0.2) is 0 Å². The van der Waals surface area contributed by atoms with E-state index < -0.39 is 16.7 Å². The van der Waals surface area contributed by atoms with Gasteiger partial charge in [0.1, 0.15) is 22.9 Å². The van der Waals surface area contributed by atoms with Crippen molar-refractivity contribution in [3.8, 4) is 0 Å². The normalized spacial score (nSPS) is 13.8. The Labute approximate surface area is 254 Å². The number of hydrogen-bond acceptors (Lipinski definition) is 9. The van der Waals surface area contributed by atoms with Crippen LogP contribution in [0.2, 0.25) is 0 Å². The van der Waals surface area contributed by atoms with Gasteiger partial charge >= 0.3 is 0 Å². The van der Waals surface area contributed by atoms with Crippen LogP contribution >= 0.6 is 0 Å². The van der Waals surface area contributed by atoms with Crippen molar-refractivity contribution in [2.75, 3.05) is 53.3 Å². The van der Waals surface area contributed by atoms with Gasteiger partial charge in [-0.1, -0.05) is 20.8 Å². The summed E-state index contributed by atoms with van der Waals surface area (Å²) in [5.41, 5.74) is -2.40. The number of ether oxygens (including phenoxy) is 5. The maximum absolute atomic E-state index is 13.8. The van der Waals surface area contributed by atoms with Gasteiger partial charge in [-0.25, -0.2) is 0 Å². The number of hydrogen-bond donors (Lipinski definition) is 0. The first-order valence-corrected chi connectivity index (χ1v) is 15.2. The summed E-state index contributed by atoms with van der Waals surface area (Å²) in [4.78, 5) is 50.8. The summed E-state index contributed by atoms with van der Waals surface area (Å²) in [6.45, 7) is 19.5. The molecular formula is C32H59NO9. The van der Waals surface area contributed by atoms with E-state index in [2.05, 4.69) is 0 Å². The quantitative estimate of drug-likeness (QED) is 0.139. The summed E-state index contributed by atoms with van der Waals surface area (Å²) in [7, 11) is 1.67.